The number of ketones is 1. The molecule has 0 aromatic carbocycles. The van der Waals surface area contributed by atoms with Crippen LogP contribution in [0.1, 0.15) is 104 Å². The highest BCUT2D eigenvalue weighted by molar-refractivity contribution is 5.95. The molecule has 0 saturated heterocycles. The van der Waals surface area contributed by atoms with Gasteiger partial charge in [-0.05, 0) is 50.7 Å². The first-order valence-corrected chi connectivity index (χ1v) is 10.3. The Morgan fingerprint density at radius 2 is 1.48 bits per heavy atom. The third kappa shape index (κ3) is 11.9. The van der Waals surface area contributed by atoms with Gasteiger partial charge in [0.1, 0.15) is 0 Å². The van der Waals surface area contributed by atoms with Crippen LogP contribution < -0.4 is 0 Å². The SMILES string of the molecule is O=Cc1ccc(C(=O)CCC/C=C\CCCCCCCCCC/C=N/O)[nH]1. The van der Waals surface area contributed by atoms with Crippen LogP contribution in [0, 0.1) is 0 Å². The Morgan fingerprint density at radius 3 is 2.07 bits per heavy atom. The van der Waals surface area contributed by atoms with Gasteiger partial charge in [0, 0.05) is 12.6 Å². The lowest BCUT2D eigenvalue weighted by molar-refractivity contribution is 0.0976. The number of nitrogens with zero attached hydrogens (tertiary/aromatic N) is 1. The molecular weight excluding hydrogens is 340 g/mol. The topological polar surface area (TPSA) is 82.5 Å². The molecule has 0 unspecified atom stereocenters. The summed E-state index contributed by atoms with van der Waals surface area (Å²) in [6.45, 7) is 0. The van der Waals surface area contributed by atoms with Crippen molar-refractivity contribution in [3.8, 4) is 0 Å². The van der Waals surface area contributed by atoms with Crippen molar-refractivity contribution in [3.63, 3.8) is 0 Å². The minimum absolute atomic E-state index is 0.0676. The van der Waals surface area contributed by atoms with Crippen molar-refractivity contribution in [3.05, 3.63) is 35.7 Å². The molecule has 0 aliphatic carbocycles. The number of unbranched alkanes of at least 4 members (excludes halogenated alkanes) is 10. The van der Waals surface area contributed by atoms with Crippen LogP contribution in [0.3, 0.4) is 0 Å². The number of allylic oxidation sites excluding steroid dienone is 2. The fourth-order valence-corrected chi connectivity index (χ4v) is 3.01. The van der Waals surface area contributed by atoms with Crippen molar-refractivity contribution >= 4 is 18.3 Å². The van der Waals surface area contributed by atoms with E-state index in [9.17, 15) is 9.59 Å². The Labute approximate surface area is 162 Å². The van der Waals surface area contributed by atoms with Gasteiger partial charge in [0.05, 0.1) is 11.4 Å². The van der Waals surface area contributed by atoms with Crippen LogP contribution in [0.5, 0.6) is 0 Å². The zero-order chi connectivity index (χ0) is 19.6. The van der Waals surface area contributed by atoms with Crippen LogP contribution >= 0.6 is 0 Å². The molecule has 0 aliphatic rings. The number of aromatic amines is 1. The monoisotopic (exact) mass is 374 g/mol. The van der Waals surface area contributed by atoms with Crippen LogP contribution in [-0.4, -0.2) is 28.5 Å². The molecule has 5 heteroatoms. The smallest absolute Gasteiger partial charge is 0.179 e. The number of hydrogen-bond acceptors (Lipinski definition) is 4. The van der Waals surface area contributed by atoms with Crippen molar-refractivity contribution < 1.29 is 14.8 Å². The number of Topliss-reactive ketones (excluding diaryl/α,β-unsaturated/α-hetero) is 1. The highest BCUT2D eigenvalue weighted by atomic mass is 16.4. The first-order valence-electron chi connectivity index (χ1n) is 10.3. The van der Waals surface area contributed by atoms with E-state index in [-0.39, 0.29) is 5.78 Å². The first-order chi connectivity index (χ1) is 13.3. The minimum Gasteiger partial charge on any atom is -0.411 e. The van der Waals surface area contributed by atoms with E-state index >= 15 is 0 Å². The molecule has 1 heterocycles. The summed E-state index contributed by atoms with van der Waals surface area (Å²) in [6.07, 6.45) is 21.0. The van der Waals surface area contributed by atoms with E-state index in [0.29, 0.717) is 17.8 Å². The largest absolute Gasteiger partial charge is 0.411 e. The van der Waals surface area contributed by atoms with E-state index in [1.165, 1.54) is 44.9 Å². The number of nitrogens with one attached hydrogen (secondary N) is 1. The van der Waals surface area contributed by atoms with Crippen molar-refractivity contribution in [1.29, 1.82) is 0 Å². The summed E-state index contributed by atoms with van der Waals surface area (Å²) in [5, 5.41) is 11.3. The molecule has 150 valence electrons. The quantitative estimate of drug-likeness (QED) is 0.0657. The van der Waals surface area contributed by atoms with E-state index in [4.69, 9.17) is 5.21 Å². The number of carbonyl (C=O) groups excluding carboxylic acids is 2. The van der Waals surface area contributed by atoms with Crippen LogP contribution in [0.25, 0.3) is 0 Å². The summed E-state index contributed by atoms with van der Waals surface area (Å²) < 4.78 is 0. The maximum atomic E-state index is 11.9. The van der Waals surface area contributed by atoms with E-state index in [0.717, 1.165) is 38.4 Å². The molecule has 0 saturated carbocycles. The van der Waals surface area contributed by atoms with Crippen LogP contribution in [0.4, 0.5) is 0 Å². The molecule has 0 spiro atoms. The van der Waals surface area contributed by atoms with E-state index in [1.54, 1.807) is 18.3 Å². The van der Waals surface area contributed by atoms with Gasteiger partial charge < -0.3 is 10.2 Å². The van der Waals surface area contributed by atoms with Crippen LogP contribution in [0.15, 0.2) is 29.4 Å². The lowest BCUT2D eigenvalue weighted by atomic mass is 10.1. The maximum Gasteiger partial charge on any atom is 0.179 e. The molecule has 27 heavy (non-hydrogen) atoms. The van der Waals surface area contributed by atoms with Crippen molar-refractivity contribution in [2.45, 2.75) is 83.5 Å². The Kier molecular flexibility index (Phi) is 13.6. The Bertz CT molecular complexity index is 576. The second kappa shape index (κ2) is 16.0. The summed E-state index contributed by atoms with van der Waals surface area (Å²) in [7, 11) is 0. The highest BCUT2D eigenvalue weighted by Crippen LogP contribution is 2.11. The second-order valence-electron chi connectivity index (χ2n) is 6.94. The van der Waals surface area contributed by atoms with E-state index in [1.807, 2.05) is 0 Å². The summed E-state index contributed by atoms with van der Waals surface area (Å²) >= 11 is 0. The average Bonchev–Trinajstić information content (AvgIpc) is 3.17. The zero-order valence-corrected chi connectivity index (χ0v) is 16.4. The molecule has 0 bridgehead atoms. The van der Waals surface area contributed by atoms with Crippen LogP contribution in [-0.2, 0) is 0 Å². The molecule has 1 rings (SSSR count). The lowest BCUT2D eigenvalue weighted by Crippen LogP contribution is -1.99. The standard InChI is InChI=1S/C22H34N2O3/c25-19-20-16-17-21(24-20)22(26)15-13-11-9-7-5-3-1-2-4-6-8-10-12-14-18-23-27/h7,9,16-19,24,27H,1-6,8,10-15H2/b9-7-,23-18+. The van der Waals surface area contributed by atoms with Gasteiger partial charge in [-0.15, -0.1) is 5.16 Å². The average molecular weight is 375 g/mol. The predicted octanol–water partition coefficient (Wildman–Crippen LogP) is 6.10. The van der Waals surface area contributed by atoms with Gasteiger partial charge in [0.25, 0.3) is 0 Å². The summed E-state index contributed by atoms with van der Waals surface area (Å²) in [6, 6.07) is 3.31. The lowest BCUT2D eigenvalue weighted by Gasteiger charge is -2.00. The fraction of sp³-hybridized carbons (Fsp3) is 0.591. The number of carbonyl (C=O) groups is 2. The molecule has 0 atom stereocenters. The minimum atomic E-state index is 0.0676. The number of aldehydes is 1. The first kappa shape index (κ1) is 22.9. The summed E-state index contributed by atoms with van der Waals surface area (Å²) in [5.41, 5.74) is 0.978. The molecule has 1 aromatic heterocycles. The van der Waals surface area contributed by atoms with Gasteiger partial charge >= 0.3 is 0 Å². The molecular formula is C22H34N2O3. The third-order valence-electron chi connectivity index (χ3n) is 4.61. The van der Waals surface area contributed by atoms with E-state index < -0.39 is 0 Å². The number of aromatic nitrogens is 1. The van der Waals surface area contributed by atoms with Gasteiger partial charge in [0.2, 0.25) is 0 Å². The maximum absolute atomic E-state index is 11.9. The third-order valence-corrected chi connectivity index (χ3v) is 4.61. The van der Waals surface area contributed by atoms with Crippen molar-refractivity contribution in [1.82, 2.24) is 4.98 Å². The zero-order valence-electron chi connectivity index (χ0n) is 16.4. The highest BCUT2D eigenvalue weighted by Gasteiger charge is 2.07. The van der Waals surface area contributed by atoms with Crippen molar-refractivity contribution in [2.75, 3.05) is 0 Å². The normalized spacial score (nSPS) is 11.6. The number of oxime groups is 1. The number of rotatable bonds is 17. The van der Waals surface area contributed by atoms with Gasteiger partial charge in [-0.25, -0.2) is 0 Å². The summed E-state index contributed by atoms with van der Waals surface area (Å²) in [5.74, 6) is 0.0676. The molecule has 0 amide bonds. The molecule has 2 N–H and O–H groups in total. The molecule has 1 aromatic rings. The Hall–Kier alpha value is -2.17. The molecule has 0 radical (unpaired) electrons. The number of hydrogen-bond donors (Lipinski definition) is 2. The molecule has 5 nitrogen and oxygen atoms in total. The Morgan fingerprint density at radius 1 is 0.889 bits per heavy atom. The second-order valence-corrected chi connectivity index (χ2v) is 6.94. The molecule has 0 aliphatic heterocycles. The van der Waals surface area contributed by atoms with Crippen LogP contribution in [0.2, 0.25) is 0 Å². The van der Waals surface area contributed by atoms with Gasteiger partial charge in [-0.3, -0.25) is 9.59 Å². The predicted molar refractivity (Wildman–Crippen MR) is 110 cm³/mol. The molecule has 0 fully saturated rings. The Balaban J connectivity index is 1.88. The number of H-pyrrole nitrogens is 1. The van der Waals surface area contributed by atoms with Gasteiger partial charge in [-0.2, -0.15) is 0 Å². The van der Waals surface area contributed by atoms with Gasteiger partial charge in [0.15, 0.2) is 12.1 Å². The fourth-order valence-electron chi connectivity index (χ4n) is 3.01. The summed E-state index contributed by atoms with van der Waals surface area (Å²) in [4.78, 5) is 25.3. The van der Waals surface area contributed by atoms with Crippen molar-refractivity contribution in [2.24, 2.45) is 5.16 Å². The van der Waals surface area contributed by atoms with E-state index in [2.05, 4.69) is 22.3 Å². The van der Waals surface area contributed by atoms with Gasteiger partial charge in [-0.1, -0.05) is 50.7 Å².